The predicted molar refractivity (Wildman–Crippen MR) is 126 cm³/mol. The van der Waals surface area contributed by atoms with Gasteiger partial charge in [0.15, 0.2) is 5.16 Å². The molecule has 1 aliphatic heterocycles. The molecule has 2 aromatic carbocycles. The molecule has 0 radical (unpaired) electrons. The highest BCUT2D eigenvalue weighted by Crippen LogP contribution is 2.30. The molecule has 4 aromatic rings. The van der Waals surface area contributed by atoms with Crippen LogP contribution in [0, 0.1) is 0 Å². The van der Waals surface area contributed by atoms with Gasteiger partial charge in [-0.15, -0.1) is 10.2 Å². The van der Waals surface area contributed by atoms with Gasteiger partial charge >= 0.3 is 0 Å². The standard InChI is InChI=1S/C25H27N5S/c1-29-24(27-28-25(29)31-18-19-8-3-2-4-9-19)22-13-7-15-30(17-22)16-21-11-5-10-20-12-6-14-26-23(20)21/h2-6,8-12,14,22H,7,13,15-18H2,1H3/t22-/m0/s1. The van der Waals surface area contributed by atoms with Crippen LogP contribution in [0.4, 0.5) is 0 Å². The first-order chi connectivity index (χ1) is 15.3. The predicted octanol–water partition coefficient (Wildman–Crippen LogP) is 5.04. The molecule has 1 aliphatic rings. The van der Waals surface area contributed by atoms with Gasteiger partial charge in [-0.3, -0.25) is 9.88 Å². The first kappa shape index (κ1) is 20.2. The number of para-hydroxylation sites is 1. The zero-order chi connectivity index (χ0) is 21.0. The van der Waals surface area contributed by atoms with Crippen molar-refractivity contribution in [2.75, 3.05) is 13.1 Å². The van der Waals surface area contributed by atoms with Crippen LogP contribution < -0.4 is 0 Å². The Bertz CT molecular complexity index is 1150. The van der Waals surface area contributed by atoms with Gasteiger partial charge < -0.3 is 4.57 Å². The van der Waals surface area contributed by atoms with Crippen molar-refractivity contribution in [2.24, 2.45) is 7.05 Å². The number of rotatable bonds is 6. The summed E-state index contributed by atoms with van der Waals surface area (Å²) >= 11 is 1.76. The fourth-order valence-corrected chi connectivity index (χ4v) is 5.35. The fourth-order valence-electron chi connectivity index (χ4n) is 4.48. The molecule has 3 heterocycles. The molecule has 0 aliphatic carbocycles. The highest BCUT2D eigenvalue weighted by atomic mass is 32.2. The third-order valence-electron chi connectivity index (χ3n) is 6.06. The monoisotopic (exact) mass is 429 g/mol. The highest BCUT2D eigenvalue weighted by Gasteiger charge is 2.26. The quantitative estimate of drug-likeness (QED) is 0.402. The van der Waals surface area contributed by atoms with Crippen molar-refractivity contribution >= 4 is 22.7 Å². The molecule has 31 heavy (non-hydrogen) atoms. The minimum Gasteiger partial charge on any atom is -0.309 e. The lowest BCUT2D eigenvalue weighted by Crippen LogP contribution is -2.34. The molecule has 1 fully saturated rings. The number of likely N-dealkylation sites (tertiary alicyclic amines) is 1. The van der Waals surface area contributed by atoms with Crippen molar-refractivity contribution in [3.8, 4) is 0 Å². The van der Waals surface area contributed by atoms with Gasteiger partial charge in [-0.05, 0) is 36.6 Å². The van der Waals surface area contributed by atoms with Crippen LogP contribution in [0.1, 0.15) is 35.7 Å². The van der Waals surface area contributed by atoms with Gasteiger partial charge in [0.25, 0.3) is 0 Å². The number of thioether (sulfide) groups is 1. The van der Waals surface area contributed by atoms with E-state index in [9.17, 15) is 0 Å². The average Bonchev–Trinajstić information content (AvgIpc) is 3.19. The fraction of sp³-hybridized carbons (Fsp3) is 0.320. The smallest absolute Gasteiger partial charge is 0.191 e. The molecule has 0 bridgehead atoms. The second-order valence-electron chi connectivity index (χ2n) is 8.24. The van der Waals surface area contributed by atoms with E-state index in [-0.39, 0.29) is 0 Å². The lowest BCUT2D eigenvalue weighted by Gasteiger charge is -2.32. The Labute approximate surface area is 187 Å². The zero-order valence-corrected chi connectivity index (χ0v) is 18.6. The van der Waals surface area contributed by atoms with Crippen LogP contribution in [0.25, 0.3) is 10.9 Å². The van der Waals surface area contributed by atoms with Crippen LogP contribution in [0.15, 0.2) is 72.0 Å². The van der Waals surface area contributed by atoms with E-state index in [1.54, 1.807) is 11.8 Å². The Hall–Kier alpha value is -2.70. The third kappa shape index (κ3) is 4.50. The molecule has 5 rings (SSSR count). The Kier molecular flexibility index (Phi) is 6.00. The van der Waals surface area contributed by atoms with E-state index in [0.29, 0.717) is 5.92 Å². The minimum atomic E-state index is 0.417. The summed E-state index contributed by atoms with van der Waals surface area (Å²) < 4.78 is 2.20. The molecule has 0 amide bonds. The maximum atomic E-state index is 4.63. The number of benzene rings is 2. The number of pyridine rings is 1. The van der Waals surface area contributed by atoms with Gasteiger partial charge in [0, 0.05) is 43.4 Å². The lowest BCUT2D eigenvalue weighted by atomic mass is 9.96. The van der Waals surface area contributed by atoms with E-state index in [1.807, 2.05) is 12.3 Å². The van der Waals surface area contributed by atoms with Crippen molar-refractivity contribution in [1.82, 2.24) is 24.6 Å². The van der Waals surface area contributed by atoms with E-state index in [2.05, 4.69) is 86.3 Å². The molecule has 5 nitrogen and oxygen atoms in total. The summed E-state index contributed by atoms with van der Waals surface area (Å²) in [5.74, 6) is 2.44. The minimum absolute atomic E-state index is 0.417. The second-order valence-corrected chi connectivity index (χ2v) is 9.18. The molecule has 2 aromatic heterocycles. The molecular formula is C25H27N5S. The topological polar surface area (TPSA) is 46.8 Å². The van der Waals surface area contributed by atoms with Crippen molar-refractivity contribution in [1.29, 1.82) is 0 Å². The molecule has 0 N–H and O–H groups in total. The summed E-state index contributed by atoms with van der Waals surface area (Å²) in [5, 5.41) is 11.3. The summed E-state index contributed by atoms with van der Waals surface area (Å²) in [5.41, 5.74) is 3.73. The second kappa shape index (κ2) is 9.20. The molecule has 158 valence electrons. The van der Waals surface area contributed by atoms with Gasteiger partial charge in [0.05, 0.1) is 5.52 Å². The van der Waals surface area contributed by atoms with Crippen LogP contribution in [-0.2, 0) is 19.3 Å². The van der Waals surface area contributed by atoms with Crippen LogP contribution in [0.5, 0.6) is 0 Å². The normalized spacial score (nSPS) is 17.3. The molecular weight excluding hydrogens is 402 g/mol. The molecule has 1 atom stereocenters. The van der Waals surface area contributed by atoms with Gasteiger partial charge in [-0.25, -0.2) is 0 Å². The van der Waals surface area contributed by atoms with Crippen molar-refractivity contribution in [2.45, 2.75) is 36.2 Å². The van der Waals surface area contributed by atoms with E-state index >= 15 is 0 Å². The lowest BCUT2D eigenvalue weighted by molar-refractivity contribution is 0.195. The first-order valence-electron chi connectivity index (χ1n) is 10.9. The number of fused-ring (bicyclic) bond motifs is 1. The number of aromatic nitrogens is 4. The first-order valence-corrected chi connectivity index (χ1v) is 11.9. The maximum absolute atomic E-state index is 4.63. The Balaban J connectivity index is 1.28. The van der Waals surface area contributed by atoms with Gasteiger partial charge in [0.1, 0.15) is 5.82 Å². The number of hydrogen-bond donors (Lipinski definition) is 0. The van der Waals surface area contributed by atoms with Gasteiger partial charge in [-0.2, -0.15) is 0 Å². The summed E-state index contributed by atoms with van der Waals surface area (Å²) in [6.45, 7) is 3.06. The van der Waals surface area contributed by atoms with Crippen LogP contribution in [0.3, 0.4) is 0 Å². The molecule has 1 saturated heterocycles. The SMILES string of the molecule is Cn1c(SCc2ccccc2)nnc1[C@H]1CCCN(Cc2cccc3cccnc23)C1. The Morgan fingerprint density at radius 2 is 1.87 bits per heavy atom. The summed E-state index contributed by atoms with van der Waals surface area (Å²) in [6.07, 6.45) is 4.24. The van der Waals surface area contributed by atoms with Gasteiger partial charge in [0.2, 0.25) is 0 Å². The van der Waals surface area contributed by atoms with E-state index in [0.717, 1.165) is 41.9 Å². The average molecular weight is 430 g/mol. The summed E-state index contributed by atoms with van der Waals surface area (Å²) in [7, 11) is 2.11. The molecule has 0 saturated carbocycles. The van der Waals surface area contributed by atoms with Crippen LogP contribution in [-0.4, -0.2) is 37.7 Å². The molecule has 0 unspecified atom stereocenters. The molecule has 6 heteroatoms. The van der Waals surface area contributed by atoms with Crippen molar-refractivity contribution in [3.05, 3.63) is 83.8 Å². The Morgan fingerprint density at radius 3 is 2.77 bits per heavy atom. The molecule has 0 spiro atoms. The Morgan fingerprint density at radius 1 is 1.00 bits per heavy atom. The third-order valence-corrected chi connectivity index (χ3v) is 7.15. The van der Waals surface area contributed by atoms with E-state index in [1.165, 1.54) is 29.4 Å². The number of nitrogens with zero attached hydrogens (tertiary/aromatic N) is 5. The van der Waals surface area contributed by atoms with Crippen molar-refractivity contribution < 1.29 is 0 Å². The maximum Gasteiger partial charge on any atom is 0.191 e. The van der Waals surface area contributed by atoms with E-state index in [4.69, 9.17) is 0 Å². The summed E-state index contributed by atoms with van der Waals surface area (Å²) in [6, 6.07) is 21.2. The number of piperidine rings is 1. The van der Waals surface area contributed by atoms with Gasteiger partial charge in [-0.1, -0.05) is 66.4 Å². The van der Waals surface area contributed by atoms with Crippen LogP contribution >= 0.6 is 11.8 Å². The van der Waals surface area contributed by atoms with Crippen LogP contribution in [0.2, 0.25) is 0 Å². The number of hydrogen-bond acceptors (Lipinski definition) is 5. The van der Waals surface area contributed by atoms with Crippen molar-refractivity contribution in [3.63, 3.8) is 0 Å². The highest BCUT2D eigenvalue weighted by molar-refractivity contribution is 7.98. The summed E-state index contributed by atoms with van der Waals surface area (Å²) in [4.78, 5) is 7.18. The van der Waals surface area contributed by atoms with E-state index < -0.39 is 0 Å². The largest absolute Gasteiger partial charge is 0.309 e. The zero-order valence-electron chi connectivity index (χ0n) is 17.8.